The molecule has 0 unspecified atom stereocenters. The van der Waals surface area contributed by atoms with Crippen molar-refractivity contribution in [1.29, 1.82) is 5.26 Å². The Morgan fingerprint density at radius 2 is 1.48 bits per heavy atom. The number of nitrogens with zero attached hydrogens (tertiary/aromatic N) is 3. The molecule has 1 aromatic heterocycles. The molecule has 0 fully saturated rings. The first kappa shape index (κ1) is 19.0. The van der Waals surface area contributed by atoms with Gasteiger partial charge in [0.15, 0.2) is 0 Å². The smallest absolute Gasteiger partial charge is 0.263 e. The van der Waals surface area contributed by atoms with Gasteiger partial charge in [-0.15, -0.1) is 0 Å². The SMILES string of the molecule is CN1C(=O)c2cccc(-n3c4ccccc4c4cccc(-c5cccc(C#N)c5)c43)c2C1=O. The minimum absolute atomic E-state index is 0.292. The number of rotatable bonds is 2. The highest BCUT2D eigenvalue weighted by atomic mass is 16.2. The van der Waals surface area contributed by atoms with Crippen LogP contribution in [0.15, 0.2) is 84.9 Å². The number of nitriles is 1. The molecule has 1 aliphatic heterocycles. The summed E-state index contributed by atoms with van der Waals surface area (Å²) >= 11 is 0. The van der Waals surface area contributed by atoms with Crippen molar-refractivity contribution in [1.82, 2.24) is 9.47 Å². The number of fused-ring (bicyclic) bond motifs is 4. The fraction of sp³-hybridized carbons (Fsp3) is 0.0357. The number of hydrogen-bond acceptors (Lipinski definition) is 3. The molecule has 33 heavy (non-hydrogen) atoms. The molecule has 0 bridgehead atoms. The van der Waals surface area contributed by atoms with E-state index in [0.29, 0.717) is 22.4 Å². The Labute approximate surface area is 189 Å². The Kier molecular flexibility index (Phi) is 3.98. The third-order valence-corrected chi connectivity index (χ3v) is 6.33. The first-order chi connectivity index (χ1) is 16.1. The monoisotopic (exact) mass is 427 g/mol. The van der Waals surface area contributed by atoms with Crippen LogP contribution in [0.1, 0.15) is 26.3 Å². The molecular weight excluding hydrogens is 410 g/mol. The van der Waals surface area contributed by atoms with Crippen molar-refractivity contribution in [3.05, 3.63) is 102 Å². The van der Waals surface area contributed by atoms with Gasteiger partial charge < -0.3 is 4.57 Å². The van der Waals surface area contributed by atoms with Crippen LogP contribution in [-0.4, -0.2) is 28.3 Å². The van der Waals surface area contributed by atoms with Crippen molar-refractivity contribution in [2.75, 3.05) is 7.05 Å². The van der Waals surface area contributed by atoms with Gasteiger partial charge in [-0.05, 0) is 35.9 Å². The molecule has 2 amide bonds. The maximum absolute atomic E-state index is 13.1. The van der Waals surface area contributed by atoms with E-state index in [4.69, 9.17) is 0 Å². The summed E-state index contributed by atoms with van der Waals surface area (Å²) in [6.07, 6.45) is 0. The third-order valence-electron chi connectivity index (χ3n) is 6.33. The summed E-state index contributed by atoms with van der Waals surface area (Å²) in [5, 5.41) is 11.5. The largest absolute Gasteiger partial charge is 0.308 e. The Morgan fingerprint density at radius 3 is 2.33 bits per heavy atom. The summed E-state index contributed by atoms with van der Waals surface area (Å²) < 4.78 is 2.07. The van der Waals surface area contributed by atoms with E-state index in [9.17, 15) is 14.9 Å². The quantitative estimate of drug-likeness (QED) is 0.347. The molecule has 0 spiro atoms. The highest BCUT2D eigenvalue weighted by Crippen LogP contribution is 2.40. The van der Waals surface area contributed by atoms with Gasteiger partial charge in [0, 0.05) is 23.4 Å². The number of para-hydroxylation sites is 2. The molecule has 2 heterocycles. The lowest BCUT2D eigenvalue weighted by Gasteiger charge is -2.14. The van der Waals surface area contributed by atoms with Crippen LogP contribution in [0.4, 0.5) is 0 Å². The minimum Gasteiger partial charge on any atom is -0.308 e. The number of carbonyl (C=O) groups is 2. The number of imide groups is 1. The first-order valence-electron chi connectivity index (χ1n) is 10.6. The van der Waals surface area contributed by atoms with Crippen LogP contribution in [-0.2, 0) is 0 Å². The zero-order chi connectivity index (χ0) is 22.7. The van der Waals surface area contributed by atoms with Crippen LogP contribution in [0.2, 0.25) is 0 Å². The normalized spacial score (nSPS) is 13.0. The van der Waals surface area contributed by atoms with Crippen LogP contribution in [0.3, 0.4) is 0 Å². The van der Waals surface area contributed by atoms with Gasteiger partial charge in [-0.3, -0.25) is 14.5 Å². The molecule has 0 aliphatic carbocycles. The zero-order valence-electron chi connectivity index (χ0n) is 17.7. The Bertz CT molecular complexity index is 1690. The van der Waals surface area contributed by atoms with Crippen molar-refractivity contribution < 1.29 is 9.59 Å². The van der Waals surface area contributed by atoms with Gasteiger partial charge in [-0.25, -0.2) is 0 Å². The summed E-state index contributed by atoms with van der Waals surface area (Å²) in [6.45, 7) is 0. The molecule has 156 valence electrons. The summed E-state index contributed by atoms with van der Waals surface area (Å²) in [5.74, 6) is -0.597. The highest BCUT2D eigenvalue weighted by Gasteiger charge is 2.36. The summed E-state index contributed by atoms with van der Waals surface area (Å²) in [4.78, 5) is 26.9. The molecule has 0 atom stereocenters. The third kappa shape index (κ3) is 2.58. The fourth-order valence-electron chi connectivity index (χ4n) is 4.83. The number of hydrogen-bond donors (Lipinski definition) is 0. The molecule has 0 saturated carbocycles. The molecule has 1 aliphatic rings. The molecule has 4 aromatic carbocycles. The van der Waals surface area contributed by atoms with E-state index in [1.807, 2.05) is 60.7 Å². The number of carbonyl (C=O) groups excluding carboxylic acids is 2. The van der Waals surface area contributed by atoms with Crippen LogP contribution in [0.5, 0.6) is 0 Å². The lowest BCUT2D eigenvalue weighted by Crippen LogP contribution is -2.24. The van der Waals surface area contributed by atoms with Crippen molar-refractivity contribution >= 4 is 33.6 Å². The van der Waals surface area contributed by atoms with E-state index in [1.54, 1.807) is 12.1 Å². The average molecular weight is 427 g/mol. The van der Waals surface area contributed by atoms with Crippen LogP contribution in [0.25, 0.3) is 38.6 Å². The van der Waals surface area contributed by atoms with E-state index < -0.39 is 0 Å². The van der Waals surface area contributed by atoms with Crippen LogP contribution < -0.4 is 0 Å². The van der Waals surface area contributed by atoms with E-state index in [0.717, 1.165) is 32.9 Å². The Balaban J connectivity index is 1.79. The predicted octanol–water partition coefficient (Wildman–Crippen LogP) is 5.55. The van der Waals surface area contributed by atoms with E-state index >= 15 is 0 Å². The molecular formula is C28H17N3O2. The molecule has 0 N–H and O–H groups in total. The van der Waals surface area contributed by atoms with E-state index in [1.165, 1.54) is 11.9 Å². The molecule has 0 radical (unpaired) electrons. The number of benzene rings is 4. The second-order valence-electron chi connectivity index (χ2n) is 8.12. The highest BCUT2D eigenvalue weighted by molar-refractivity contribution is 6.23. The molecule has 5 nitrogen and oxygen atoms in total. The van der Waals surface area contributed by atoms with E-state index in [2.05, 4.69) is 22.8 Å². The number of amides is 2. The zero-order valence-corrected chi connectivity index (χ0v) is 17.7. The maximum atomic E-state index is 13.1. The molecule has 6 rings (SSSR count). The minimum atomic E-state index is -0.305. The second-order valence-corrected chi connectivity index (χ2v) is 8.12. The van der Waals surface area contributed by atoms with Gasteiger partial charge in [0.05, 0.1) is 39.5 Å². The average Bonchev–Trinajstić information content (AvgIpc) is 3.31. The molecule has 5 aromatic rings. The summed E-state index contributed by atoms with van der Waals surface area (Å²) in [7, 11) is 1.51. The van der Waals surface area contributed by atoms with Gasteiger partial charge in [-0.2, -0.15) is 5.26 Å². The second kappa shape index (κ2) is 6.91. The lowest BCUT2D eigenvalue weighted by atomic mass is 10.00. The van der Waals surface area contributed by atoms with Gasteiger partial charge in [-0.1, -0.05) is 54.6 Å². The Hall–Kier alpha value is -4.69. The lowest BCUT2D eigenvalue weighted by molar-refractivity contribution is 0.0693. The summed E-state index contributed by atoms with van der Waals surface area (Å²) in [5.41, 5.74) is 5.81. The molecule has 0 saturated heterocycles. The molecule has 5 heteroatoms. The van der Waals surface area contributed by atoms with Gasteiger partial charge >= 0.3 is 0 Å². The van der Waals surface area contributed by atoms with Crippen molar-refractivity contribution in [3.8, 4) is 22.9 Å². The summed E-state index contributed by atoms with van der Waals surface area (Å²) in [6, 6.07) is 29.3. The van der Waals surface area contributed by atoms with Crippen molar-refractivity contribution in [2.45, 2.75) is 0 Å². The number of aromatic nitrogens is 1. The van der Waals surface area contributed by atoms with Gasteiger partial charge in [0.25, 0.3) is 11.8 Å². The van der Waals surface area contributed by atoms with E-state index in [-0.39, 0.29) is 11.8 Å². The predicted molar refractivity (Wildman–Crippen MR) is 127 cm³/mol. The van der Waals surface area contributed by atoms with Crippen molar-refractivity contribution in [3.63, 3.8) is 0 Å². The maximum Gasteiger partial charge on any atom is 0.263 e. The Morgan fingerprint density at radius 1 is 0.758 bits per heavy atom. The fourth-order valence-corrected chi connectivity index (χ4v) is 4.83. The topological polar surface area (TPSA) is 66.1 Å². The van der Waals surface area contributed by atoms with Gasteiger partial charge in [0.2, 0.25) is 0 Å². The van der Waals surface area contributed by atoms with Gasteiger partial charge in [0.1, 0.15) is 0 Å². The van der Waals surface area contributed by atoms with Crippen LogP contribution in [0, 0.1) is 11.3 Å². The first-order valence-corrected chi connectivity index (χ1v) is 10.6. The van der Waals surface area contributed by atoms with Crippen molar-refractivity contribution in [2.24, 2.45) is 0 Å². The van der Waals surface area contributed by atoms with Crippen LogP contribution >= 0.6 is 0 Å². The standard InChI is InChI=1S/C28H17N3O2/c1-30-27(32)22-12-6-14-24(25(22)28(30)33)31-23-13-3-2-9-20(23)21-11-5-10-19(26(21)31)18-8-4-7-17(15-18)16-29/h2-15H,1H3.